The lowest BCUT2D eigenvalue weighted by molar-refractivity contribution is -0.122. The average Bonchev–Trinajstić information content (AvgIpc) is 3.29. The maximum atomic E-state index is 13.4. The van der Waals surface area contributed by atoms with Crippen LogP contribution in [-0.2, 0) is 21.4 Å². The molecule has 0 aliphatic carbocycles. The molecule has 2 amide bonds. The number of para-hydroxylation sites is 1. The number of benzene rings is 3. The van der Waals surface area contributed by atoms with Crippen molar-refractivity contribution >= 4 is 50.0 Å². The molecule has 214 valence electrons. The SMILES string of the molecule is Cc1cc2c(cc1S(=O)(=O)NC(=O)c1cc3ccccc3n1CCCOc1cc(C)c(Cl)c(C)c1)OC(C)C(=O)N2. The molecule has 0 spiro atoms. The molecule has 3 aromatic carbocycles. The number of carbonyl (C=O) groups is 2. The van der Waals surface area contributed by atoms with Crippen molar-refractivity contribution in [3.8, 4) is 11.5 Å². The van der Waals surface area contributed by atoms with Crippen LogP contribution >= 0.6 is 11.6 Å². The van der Waals surface area contributed by atoms with Gasteiger partial charge in [0.2, 0.25) is 0 Å². The number of nitrogens with zero attached hydrogens (tertiary/aromatic N) is 1. The van der Waals surface area contributed by atoms with Crippen LogP contribution in [0.15, 0.2) is 59.5 Å². The Morgan fingerprint density at radius 1 is 1.07 bits per heavy atom. The van der Waals surface area contributed by atoms with Gasteiger partial charge in [-0.2, -0.15) is 0 Å². The summed E-state index contributed by atoms with van der Waals surface area (Å²) >= 11 is 6.26. The highest BCUT2D eigenvalue weighted by Crippen LogP contribution is 2.34. The second kappa shape index (κ2) is 11.1. The molecule has 11 heteroatoms. The third kappa shape index (κ3) is 5.75. The normalized spacial score (nSPS) is 14.8. The zero-order valence-electron chi connectivity index (χ0n) is 23.1. The van der Waals surface area contributed by atoms with Crippen molar-refractivity contribution in [2.75, 3.05) is 11.9 Å². The highest BCUT2D eigenvalue weighted by molar-refractivity contribution is 7.90. The van der Waals surface area contributed by atoms with Gasteiger partial charge in [-0.15, -0.1) is 0 Å². The minimum Gasteiger partial charge on any atom is -0.494 e. The topological polar surface area (TPSA) is 116 Å². The van der Waals surface area contributed by atoms with Gasteiger partial charge in [-0.3, -0.25) is 9.59 Å². The van der Waals surface area contributed by atoms with Crippen LogP contribution in [0.3, 0.4) is 0 Å². The second-order valence-corrected chi connectivity index (χ2v) is 12.1. The first kappa shape index (κ1) is 28.5. The van der Waals surface area contributed by atoms with Gasteiger partial charge in [0.1, 0.15) is 17.2 Å². The summed E-state index contributed by atoms with van der Waals surface area (Å²) in [5, 5.41) is 4.21. The molecule has 0 radical (unpaired) electrons. The molecule has 0 fully saturated rings. The number of aryl methyl sites for hydroxylation is 4. The van der Waals surface area contributed by atoms with Crippen LogP contribution in [0.2, 0.25) is 5.02 Å². The van der Waals surface area contributed by atoms with Crippen molar-refractivity contribution in [2.45, 2.75) is 51.7 Å². The first-order chi connectivity index (χ1) is 19.4. The van der Waals surface area contributed by atoms with E-state index in [2.05, 4.69) is 10.0 Å². The van der Waals surface area contributed by atoms with E-state index in [1.807, 2.05) is 50.2 Å². The van der Waals surface area contributed by atoms with E-state index in [0.717, 1.165) is 22.0 Å². The first-order valence-electron chi connectivity index (χ1n) is 13.1. The maximum absolute atomic E-state index is 13.4. The lowest BCUT2D eigenvalue weighted by atomic mass is 10.1. The third-order valence-corrected chi connectivity index (χ3v) is 9.04. The summed E-state index contributed by atoms with van der Waals surface area (Å²) in [6.07, 6.45) is -0.208. The molecule has 1 aliphatic rings. The molecular weight excluding hydrogens is 566 g/mol. The van der Waals surface area contributed by atoms with Crippen LogP contribution in [0.25, 0.3) is 10.9 Å². The maximum Gasteiger partial charge on any atom is 0.281 e. The number of anilines is 1. The number of sulfonamides is 1. The molecule has 2 heterocycles. The number of hydrogen-bond donors (Lipinski definition) is 2. The van der Waals surface area contributed by atoms with E-state index in [1.165, 1.54) is 12.1 Å². The number of ether oxygens (including phenoxy) is 2. The molecule has 1 aromatic heterocycles. The Balaban J connectivity index is 1.36. The predicted octanol–water partition coefficient (Wildman–Crippen LogP) is 5.53. The van der Waals surface area contributed by atoms with E-state index in [4.69, 9.17) is 21.1 Å². The molecule has 1 unspecified atom stereocenters. The van der Waals surface area contributed by atoms with E-state index in [1.54, 1.807) is 24.5 Å². The summed E-state index contributed by atoms with van der Waals surface area (Å²) in [5.74, 6) is -0.150. The Labute approximate surface area is 243 Å². The highest BCUT2D eigenvalue weighted by atomic mass is 35.5. The van der Waals surface area contributed by atoms with E-state index in [-0.39, 0.29) is 22.2 Å². The van der Waals surface area contributed by atoms with Crippen LogP contribution in [0, 0.1) is 20.8 Å². The predicted molar refractivity (Wildman–Crippen MR) is 158 cm³/mol. The fourth-order valence-electron chi connectivity index (χ4n) is 4.90. The Morgan fingerprint density at radius 3 is 2.51 bits per heavy atom. The molecule has 41 heavy (non-hydrogen) atoms. The zero-order valence-corrected chi connectivity index (χ0v) is 24.7. The number of fused-ring (bicyclic) bond motifs is 2. The molecule has 0 saturated carbocycles. The van der Waals surface area contributed by atoms with Crippen LogP contribution in [0.5, 0.6) is 11.5 Å². The van der Waals surface area contributed by atoms with Gasteiger partial charge >= 0.3 is 0 Å². The first-order valence-corrected chi connectivity index (χ1v) is 15.0. The zero-order chi connectivity index (χ0) is 29.5. The third-order valence-electron chi connectivity index (χ3n) is 6.97. The Bertz CT molecular complexity index is 1770. The lowest BCUT2D eigenvalue weighted by Crippen LogP contribution is -2.35. The Morgan fingerprint density at radius 2 is 1.78 bits per heavy atom. The monoisotopic (exact) mass is 595 g/mol. The highest BCUT2D eigenvalue weighted by Gasteiger charge is 2.29. The van der Waals surface area contributed by atoms with Crippen molar-refractivity contribution in [3.05, 3.63) is 82.0 Å². The molecule has 5 rings (SSSR count). The quantitative estimate of drug-likeness (QED) is 0.259. The van der Waals surface area contributed by atoms with Gasteiger partial charge in [0.15, 0.2) is 6.10 Å². The molecule has 0 bridgehead atoms. The van der Waals surface area contributed by atoms with Crippen molar-refractivity contribution in [3.63, 3.8) is 0 Å². The molecule has 1 aliphatic heterocycles. The van der Waals surface area contributed by atoms with Gasteiger partial charge in [-0.25, -0.2) is 13.1 Å². The molecular formula is C30H30ClN3O6S. The number of rotatable bonds is 8. The summed E-state index contributed by atoms with van der Waals surface area (Å²) in [5.41, 5.74) is 3.60. The number of amides is 2. The van der Waals surface area contributed by atoms with Crippen molar-refractivity contribution < 1.29 is 27.5 Å². The largest absolute Gasteiger partial charge is 0.494 e. The fourth-order valence-corrected chi connectivity index (χ4v) is 6.22. The number of halogens is 1. The van der Waals surface area contributed by atoms with Crippen LogP contribution in [-0.4, -0.2) is 37.5 Å². The molecule has 2 N–H and O–H groups in total. The molecule has 4 aromatic rings. The number of nitrogens with one attached hydrogen (secondary N) is 2. The average molecular weight is 596 g/mol. The van der Waals surface area contributed by atoms with E-state index < -0.39 is 22.0 Å². The van der Waals surface area contributed by atoms with Crippen LogP contribution < -0.4 is 19.5 Å². The van der Waals surface area contributed by atoms with Gasteiger partial charge in [0.25, 0.3) is 21.8 Å². The number of hydrogen-bond acceptors (Lipinski definition) is 6. The summed E-state index contributed by atoms with van der Waals surface area (Å²) in [6, 6.07) is 15.7. The Kier molecular flexibility index (Phi) is 7.72. The summed E-state index contributed by atoms with van der Waals surface area (Å²) in [4.78, 5) is 25.3. The van der Waals surface area contributed by atoms with Gasteiger partial charge < -0.3 is 19.4 Å². The van der Waals surface area contributed by atoms with E-state index >= 15 is 0 Å². The smallest absolute Gasteiger partial charge is 0.281 e. The summed E-state index contributed by atoms with van der Waals surface area (Å²) in [6.45, 7) is 7.80. The minimum absolute atomic E-state index is 0.113. The van der Waals surface area contributed by atoms with Gasteiger partial charge in [-0.1, -0.05) is 29.8 Å². The van der Waals surface area contributed by atoms with E-state index in [9.17, 15) is 18.0 Å². The summed E-state index contributed by atoms with van der Waals surface area (Å²) in [7, 11) is -4.27. The fraction of sp³-hybridized carbons (Fsp3) is 0.267. The van der Waals surface area contributed by atoms with E-state index in [0.29, 0.717) is 41.6 Å². The second-order valence-electron chi connectivity index (χ2n) is 10.1. The van der Waals surface area contributed by atoms with Crippen LogP contribution in [0.4, 0.5) is 5.69 Å². The van der Waals surface area contributed by atoms with Gasteiger partial charge in [0.05, 0.1) is 17.2 Å². The standard InChI is InChI=1S/C30H30ClN3O6S/c1-17-14-23-26(40-20(4)29(35)32-23)16-27(17)41(37,38)33-30(36)25-15-21-8-5-6-9-24(21)34(25)10-7-11-39-22-12-18(2)28(31)19(3)13-22/h5-6,8-9,12-16,20H,7,10-11H2,1-4H3,(H,32,35)(H,33,36). The van der Waals surface area contributed by atoms with Crippen molar-refractivity contribution in [2.24, 2.45) is 0 Å². The lowest BCUT2D eigenvalue weighted by Gasteiger charge is -2.24. The molecule has 9 nitrogen and oxygen atoms in total. The molecule has 0 saturated heterocycles. The van der Waals surface area contributed by atoms with Crippen molar-refractivity contribution in [1.82, 2.24) is 9.29 Å². The van der Waals surface area contributed by atoms with Crippen LogP contribution in [0.1, 0.15) is 40.5 Å². The number of aromatic nitrogens is 1. The van der Waals surface area contributed by atoms with Crippen molar-refractivity contribution in [1.29, 1.82) is 0 Å². The van der Waals surface area contributed by atoms with Gasteiger partial charge in [-0.05, 0) is 81.1 Å². The number of carbonyl (C=O) groups excluding carboxylic acids is 2. The summed E-state index contributed by atoms with van der Waals surface area (Å²) < 4.78 is 42.3. The Hall–Kier alpha value is -4.02. The van der Waals surface area contributed by atoms with Gasteiger partial charge in [0, 0.05) is 28.5 Å². The molecule has 1 atom stereocenters. The minimum atomic E-state index is -4.27.